The molecule has 4 N–H and O–H groups in total. The Balaban J connectivity index is 0.911. The van der Waals surface area contributed by atoms with Crippen LogP contribution >= 0.6 is 11.6 Å². The van der Waals surface area contributed by atoms with Crippen LogP contribution in [-0.2, 0) is 42.8 Å². The first kappa shape index (κ1) is 45.7. The van der Waals surface area contributed by atoms with Crippen LogP contribution < -0.4 is 16.4 Å². The van der Waals surface area contributed by atoms with Gasteiger partial charge in [0.1, 0.15) is 6.61 Å². The summed E-state index contributed by atoms with van der Waals surface area (Å²) in [5.74, 6) is -0.758. The smallest absolute Gasteiger partial charge is 0.418 e. The number of urea groups is 1. The van der Waals surface area contributed by atoms with Crippen molar-refractivity contribution in [2.75, 3.05) is 103 Å². The van der Waals surface area contributed by atoms with Crippen LogP contribution in [-0.4, -0.2) is 165 Å². The number of rotatable bonds is 12. The Bertz CT molecular complexity index is 1880. The zero-order chi connectivity index (χ0) is 43.8. The highest BCUT2D eigenvalue weighted by atomic mass is 35.5. The zero-order valence-electron chi connectivity index (χ0n) is 35.0. The van der Waals surface area contributed by atoms with Gasteiger partial charge in [-0.3, -0.25) is 14.5 Å². The fraction of sp³-hybridized carbons (Fsp3) is 0.628. The highest BCUT2D eigenvalue weighted by molar-refractivity contribution is 6.33. The van der Waals surface area contributed by atoms with Crippen LogP contribution in [0.4, 0.5) is 34.1 Å². The molecule has 0 radical (unpaired) electrons. The van der Waals surface area contributed by atoms with E-state index in [9.17, 15) is 32.3 Å². The van der Waals surface area contributed by atoms with Crippen LogP contribution in [0.15, 0.2) is 36.4 Å². The lowest BCUT2D eigenvalue weighted by molar-refractivity contribution is -0.144. The molecule has 340 valence electrons. The Morgan fingerprint density at radius 1 is 0.903 bits per heavy atom. The van der Waals surface area contributed by atoms with Crippen molar-refractivity contribution in [3.8, 4) is 0 Å². The number of nitrogens with zero attached hydrogens (tertiary/aromatic N) is 5. The normalized spacial score (nSPS) is 20.9. The van der Waals surface area contributed by atoms with Gasteiger partial charge >= 0.3 is 24.3 Å². The van der Waals surface area contributed by atoms with E-state index in [1.54, 1.807) is 9.80 Å². The van der Waals surface area contributed by atoms with Gasteiger partial charge in [0.25, 0.3) is 5.91 Å². The van der Waals surface area contributed by atoms with Crippen LogP contribution in [0.2, 0.25) is 5.02 Å². The number of para-hydroxylation sites is 1. The molecule has 15 nitrogen and oxygen atoms in total. The van der Waals surface area contributed by atoms with Gasteiger partial charge in [0.05, 0.1) is 36.0 Å². The van der Waals surface area contributed by atoms with E-state index >= 15 is 0 Å². The highest BCUT2D eigenvalue weighted by Gasteiger charge is 2.39. The van der Waals surface area contributed by atoms with E-state index in [2.05, 4.69) is 20.4 Å². The van der Waals surface area contributed by atoms with Gasteiger partial charge in [0, 0.05) is 82.6 Å². The first-order valence-electron chi connectivity index (χ1n) is 21.8. The Morgan fingerprint density at radius 2 is 1.58 bits per heavy atom. The lowest BCUT2D eigenvalue weighted by Crippen LogP contribution is -2.54. The number of likely N-dealkylation sites (tertiary alicyclic amines) is 3. The number of esters is 1. The predicted molar refractivity (Wildman–Crippen MR) is 226 cm³/mol. The summed E-state index contributed by atoms with van der Waals surface area (Å²) in [6, 6.07) is 9.89. The molecule has 4 fully saturated rings. The van der Waals surface area contributed by atoms with Crippen molar-refractivity contribution in [2.45, 2.75) is 81.8 Å². The van der Waals surface area contributed by atoms with Gasteiger partial charge < -0.3 is 50.2 Å². The molecule has 5 aliphatic rings. The highest BCUT2D eigenvalue weighted by Crippen LogP contribution is 2.38. The monoisotopic (exact) mass is 890 g/mol. The molecule has 5 heterocycles. The Kier molecular flexibility index (Phi) is 15.4. The Labute approximate surface area is 365 Å². The number of hydrogen-bond acceptors (Lipinski definition) is 11. The molecule has 2 aromatic carbocycles. The van der Waals surface area contributed by atoms with Crippen molar-refractivity contribution in [1.82, 2.24) is 29.8 Å². The summed E-state index contributed by atoms with van der Waals surface area (Å²) >= 11 is 6.16. The molecule has 0 saturated carbocycles. The second-order valence-corrected chi connectivity index (χ2v) is 17.2. The molecule has 4 saturated heterocycles. The molecule has 2 aromatic rings. The van der Waals surface area contributed by atoms with E-state index in [0.717, 1.165) is 56.3 Å². The van der Waals surface area contributed by atoms with E-state index in [1.807, 2.05) is 24.3 Å². The van der Waals surface area contributed by atoms with Crippen molar-refractivity contribution in [3.05, 3.63) is 58.1 Å². The summed E-state index contributed by atoms with van der Waals surface area (Å²) < 4.78 is 58.5. The first-order chi connectivity index (χ1) is 29.8. The number of piperidine rings is 3. The van der Waals surface area contributed by atoms with Crippen LogP contribution in [0.1, 0.15) is 55.2 Å². The number of ether oxygens (including phenoxy) is 3. The fourth-order valence-electron chi connectivity index (χ4n) is 9.23. The number of hydrogen-bond donors (Lipinski definition) is 3. The van der Waals surface area contributed by atoms with Gasteiger partial charge in [-0.1, -0.05) is 29.8 Å². The largest absolute Gasteiger partial charge is 0.463 e. The van der Waals surface area contributed by atoms with Gasteiger partial charge in [-0.2, -0.15) is 13.2 Å². The minimum Gasteiger partial charge on any atom is -0.463 e. The van der Waals surface area contributed by atoms with E-state index in [-0.39, 0.29) is 66.8 Å². The lowest BCUT2D eigenvalue weighted by atomic mass is 9.97. The summed E-state index contributed by atoms with van der Waals surface area (Å²) in [6.07, 6.45) is -2.55. The Morgan fingerprint density at radius 3 is 2.29 bits per heavy atom. The van der Waals surface area contributed by atoms with Crippen LogP contribution in [0.3, 0.4) is 0 Å². The van der Waals surface area contributed by atoms with Gasteiger partial charge in [0.2, 0.25) is 0 Å². The minimum atomic E-state index is -4.79. The third-order valence-electron chi connectivity index (χ3n) is 12.9. The van der Waals surface area contributed by atoms with Gasteiger partial charge in [-0.25, -0.2) is 9.59 Å². The second kappa shape index (κ2) is 20.9. The van der Waals surface area contributed by atoms with Crippen molar-refractivity contribution in [1.29, 1.82) is 0 Å². The SMILES string of the molecule is Nc1c(Cl)cc(C[C@@H](OC(=O)N2CCC(N3CCc4ccccc4NC3=O)CC2)C(=O)N2CCC(N3CCC(NCC(=O)OCCN4CCOCC4)CC3)CC2)cc1C(F)(F)F. The standard InChI is InChI=1S/C43H58ClF3N8O7/c44-35-26-29(25-34(39(35)48)43(45,46)47)27-37(62-42(59)54-16-10-33(11-17-54)55-18-5-30-3-1-2-4-36(30)50-41(55)58)40(57)53-14-8-32(9-15-53)52-12-6-31(7-13-52)49-28-38(56)61-24-21-51-19-22-60-23-20-51/h1-4,25-26,31-33,37,49H,5-24,27-28,48H2,(H,50,58)/t37-/m1/s1. The van der Waals surface area contributed by atoms with Crippen LogP contribution in [0.25, 0.3) is 0 Å². The number of alkyl halides is 3. The second-order valence-electron chi connectivity index (χ2n) is 16.8. The molecule has 5 aliphatic heterocycles. The predicted octanol–water partition coefficient (Wildman–Crippen LogP) is 4.46. The van der Waals surface area contributed by atoms with E-state index in [1.165, 1.54) is 11.0 Å². The number of halogens is 4. The lowest BCUT2D eigenvalue weighted by Gasteiger charge is -2.42. The maximum atomic E-state index is 14.2. The number of nitrogens with two attached hydrogens (primary N) is 1. The molecular weight excluding hydrogens is 833 g/mol. The molecule has 7 rings (SSSR count). The number of carbonyl (C=O) groups is 4. The average molecular weight is 891 g/mol. The number of anilines is 2. The number of nitrogen functional groups attached to an aromatic ring is 1. The Hall–Kier alpha value is -4.36. The molecule has 0 bridgehead atoms. The number of amides is 4. The van der Waals surface area contributed by atoms with Gasteiger partial charge in [-0.05, 0) is 87.4 Å². The van der Waals surface area contributed by atoms with Crippen molar-refractivity contribution >= 4 is 47.0 Å². The molecule has 0 unspecified atom stereocenters. The third kappa shape index (κ3) is 11.8. The summed E-state index contributed by atoms with van der Waals surface area (Å²) in [4.78, 5) is 63.0. The number of benzene rings is 2. The van der Waals surface area contributed by atoms with Crippen molar-refractivity contribution in [3.63, 3.8) is 0 Å². The molecule has 0 spiro atoms. The molecular formula is C43H58ClF3N8O7. The molecule has 4 amide bonds. The van der Waals surface area contributed by atoms with Crippen LogP contribution in [0.5, 0.6) is 0 Å². The quantitative estimate of drug-likeness (QED) is 0.204. The molecule has 62 heavy (non-hydrogen) atoms. The van der Waals surface area contributed by atoms with E-state index in [0.29, 0.717) is 78.1 Å². The van der Waals surface area contributed by atoms with E-state index in [4.69, 9.17) is 31.5 Å². The number of nitrogens with one attached hydrogen (secondary N) is 2. The number of fused-ring (bicyclic) bond motifs is 1. The van der Waals surface area contributed by atoms with Gasteiger partial charge in [-0.15, -0.1) is 0 Å². The number of morpholine rings is 1. The summed E-state index contributed by atoms with van der Waals surface area (Å²) in [5.41, 5.74) is 5.84. The maximum absolute atomic E-state index is 14.2. The molecule has 0 aliphatic carbocycles. The topological polar surface area (TPSA) is 162 Å². The van der Waals surface area contributed by atoms with Crippen molar-refractivity contribution < 1.29 is 46.6 Å². The summed E-state index contributed by atoms with van der Waals surface area (Å²) in [6.45, 7) is 7.78. The van der Waals surface area contributed by atoms with Gasteiger partial charge in [0.15, 0.2) is 6.10 Å². The fourth-order valence-corrected chi connectivity index (χ4v) is 9.47. The minimum absolute atomic E-state index is 0.0576. The average Bonchev–Trinajstić information content (AvgIpc) is 3.44. The summed E-state index contributed by atoms with van der Waals surface area (Å²) in [5, 5.41) is 6.02. The third-order valence-corrected chi connectivity index (χ3v) is 13.2. The van der Waals surface area contributed by atoms with Crippen molar-refractivity contribution in [2.24, 2.45) is 0 Å². The number of carbonyl (C=O) groups excluding carboxylic acids is 4. The van der Waals surface area contributed by atoms with E-state index < -0.39 is 35.5 Å². The maximum Gasteiger partial charge on any atom is 0.418 e. The molecule has 1 atom stereocenters. The first-order valence-corrected chi connectivity index (χ1v) is 22.2. The molecule has 19 heteroatoms. The zero-order valence-corrected chi connectivity index (χ0v) is 35.8. The summed E-state index contributed by atoms with van der Waals surface area (Å²) in [7, 11) is 0. The molecule has 0 aromatic heterocycles. The van der Waals surface area contributed by atoms with Crippen LogP contribution in [0, 0.1) is 0 Å².